The molecule has 1 N–H and O–H groups in total. The average Bonchev–Trinajstić information content (AvgIpc) is 3.36. The van der Waals surface area contributed by atoms with E-state index in [0.29, 0.717) is 39.9 Å². The van der Waals surface area contributed by atoms with Crippen molar-refractivity contribution in [3.8, 4) is 0 Å². The van der Waals surface area contributed by atoms with Gasteiger partial charge in [-0.25, -0.2) is 0 Å². The Labute approximate surface area is 230 Å². The Kier molecular flexibility index (Phi) is 7.72. The van der Waals surface area contributed by atoms with Crippen molar-refractivity contribution in [1.82, 2.24) is 20.2 Å². The molecule has 0 spiro atoms. The van der Waals surface area contributed by atoms with E-state index in [-0.39, 0.29) is 17.7 Å². The summed E-state index contributed by atoms with van der Waals surface area (Å²) in [6, 6.07) is 17.9. The third kappa shape index (κ3) is 5.56. The maximum Gasteiger partial charge on any atom is 0.258 e. The number of anilines is 2. The molecule has 4 aromatic rings. The predicted octanol–water partition coefficient (Wildman–Crippen LogP) is 6.16. The van der Waals surface area contributed by atoms with Crippen molar-refractivity contribution in [2.75, 3.05) is 16.8 Å². The lowest BCUT2D eigenvalue weighted by Crippen LogP contribution is -2.32. The minimum Gasteiger partial charge on any atom is -0.322 e. The van der Waals surface area contributed by atoms with Crippen LogP contribution in [0.3, 0.4) is 0 Å². The van der Waals surface area contributed by atoms with E-state index in [1.807, 2.05) is 30.0 Å². The number of fused-ring (bicyclic) bond motifs is 1. The van der Waals surface area contributed by atoms with E-state index in [4.69, 9.17) is 23.2 Å². The topological polar surface area (TPSA) is 93.0 Å². The van der Waals surface area contributed by atoms with Crippen molar-refractivity contribution >= 4 is 46.4 Å². The van der Waals surface area contributed by atoms with Gasteiger partial charge in [0.05, 0.1) is 17.1 Å². The van der Waals surface area contributed by atoms with Crippen LogP contribution < -0.4 is 10.2 Å². The number of tetrazole rings is 1. The van der Waals surface area contributed by atoms with Gasteiger partial charge in [0.1, 0.15) is 0 Å². The zero-order valence-corrected chi connectivity index (χ0v) is 22.3. The highest BCUT2D eigenvalue weighted by Crippen LogP contribution is 2.39. The Morgan fingerprint density at radius 2 is 1.89 bits per heavy atom. The summed E-state index contributed by atoms with van der Waals surface area (Å²) in [5, 5.41) is 15.7. The maximum atomic E-state index is 13.8. The van der Waals surface area contributed by atoms with Crippen LogP contribution in [0, 0.1) is 6.92 Å². The summed E-state index contributed by atoms with van der Waals surface area (Å²) in [7, 11) is 0. The number of halogens is 2. The molecule has 5 rings (SSSR count). The molecule has 1 atom stereocenters. The van der Waals surface area contributed by atoms with E-state index in [9.17, 15) is 9.59 Å². The molecule has 38 heavy (non-hydrogen) atoms. The largest absolute Gasteiger partial charge is 0.322 e. The van der Waals surface area contributed by atoms with Crippen LogP contribution in [-0.4, -0.2) is 38.6 Å². The first-order valence-corrected chi connectivity index (χ1v) is 13.1. The second kappa shape index (κ2) is 11.3. The van der Waals surface area contributed by atoms with E-state index in [0.717, 1.165) is 36.1 Å². The monoisotopic (exact) mass is 548 g/mol. The fourth-order valence-corrected chi connectivity index (χ4v) is 5.32. The van der Waals surface area contributed by atoms with Crippen molar-refractivity contribution in [3.63, 3.8) is 0 Å². The lowest BCUT2D eigenvalue weighted by atomic mass is 9.91. The Morgan fingerprint density at radius 3 is 2.66 bits per heavy atom. The summed E-state index contributed by atoms with van der Waals surface area (Å²) in [6.07, 6.45) is 4.00. The third-order valence-electron chi connectivity index (χ3n) is 6.80. The molecular weight excluding hydrogens is 523 g/mol. The SMILES string of the molecule is Cc1cc(NC(=O)c2ccccc2Cl)ccc1C(=O)N1CCCC(CCn2ncnn2)c2cc(Cl)ccc21. The molecule has 1 unspecified atom stereocenters. The molecule has 8 nitrogen and oxygen atoms in total. The van der Waals surface area contributed by atoms with Crippen LogP contribution in [0.4, 0.5) is 11.4 Å². The molecule has 0 radical (unpaired) electrons. The smallest absolute Gasteiger partial charge is 0.258 e. The second-order valence-electron chi connectivity index (χ2n) is 9.28. The molecule has 0 saturated carbocycles. The van der Waals surface area contributed by atoms with Crippen LogP contribution in [-0.2, 0) is 6.54 Å². The first-order chi connectivity index (χ1) is 18.4. The van der Waals surface area contributed by atoms with E-state index >= 15 is 0 Å². The van der Waals surface area contributed by atoms with Crippen LogP contribution in [0.15, 0.2) is 67.0 Å². The Balaban J connectivity index is 1.37. The molecular formula is C28H26Cl2N6O2. The molecule has 0 aliphatic carbocycles. The Bertz CT molecular complexity index is 1470. The highest BCUT2D eigenvalue weighted by atomic mass is 35.5. The average molecular weight is 549 g/mol. The summed E-state index contributed by atoms with van der Waals surface area (Å²) >= 11 is 12.6. The van der Waals surface area contributed by atoms with Crippen LogP contribution in [0.25, 0.3) is 0 Å². The van der Waals surface area contributed by atoms with E-state index < -0.39 is 0 Å². The number of rotatable bonds is 6. The summed E-state index contributed by atoms with van der Waals surface area (Å²) in [5.74, 6) is -0.191. The molecule has 2 amide bonds. The van der Waals surface area contributed by atoms with E-state index in [1.165, 1.54) is 6.33 Å². The normalized spacial score (nSPS) is 15.0. The molecule has 10 heteroatoms. The Hall–Kier alpha value is -3.75. The van der Waals surface area contributed by atoms with Gasteiger partial charge < -0.3 is 10.2 Å². The zero-order valence-electron chi connectivity index (χ0n) is 20.8. The van der Waals surface area contributed by atoms with Gasteiger partial charge in [0.15, 0.2) is 6.33 Å². The van der Waals surface area contributed by atoms with Gasteiger partial charge in [0.25, 0.3) is 11.8 Å². The number of aromatic nitrogens is 4. The summed E-state index contributed by atoms with van der Waals surface area (Å²) in [5.41, 5.74) is 4.23. The van der Waals surface area contributed by atoms with Gasteiger partial charge in [-0.15, -0.1) is 10.2 Å². The van der Waals surface area contributed by atoms with Gasteiger partial charge in [0, 0.05) is 28.5 Å². The van der Waals surface area contributed by atoms with Gasteiger partial charge in [0.2, 0.25) is 0 Å². The summed E-state index contributed by atoms with van der Waals surface area (Å²) < 4.78 is 0. The highest BCUT2D eigenvalue weighted by molar-refractivity contribution is 6.34. The number of aryl methyl sites for hydroxylation is 2. The minimum absolute atomic E-state index is 0.0892. The third-order valence-corrected chi connectivity index (χ3v) is 7.37. The van der Waals surface area contributed by atoms with Crippen molar-refractivity contribution in [2.24, 2.45) is 0 Å². The highest BCUT2D eigenvalue weighted by Gasteiger charge is 2.28. The quantitative estimate of drug-likeness (QED) is 0.311. The van der Waals surface area contributed by atoms with Crippen LogP contribution >= 0.6 is 23.2 Å². The number of amides is 2. The molecule has 0 fully saturated rings. The lowest BCUT2D eigenvalue weighted by molar-refractivity contribution is 0.0985. The molecule has 1 aliphatic rings. The molecule has 0 bridgehead atoms. The number of benzene rings is 3. The number of hydrogen-bond donors (Lipinski definition) is 1. The first-order valence-electron chi connectivity index (χ1n) is 12.4. The molecule has 1 aromatic heterocycles. The van der Waals surface area contributed by atoms with Gasteiger partial charge >= 0.3 is 0 Å². The van der Waals surface area contributed by atoms with Gasteiger partial charge in [-0.1, -0.05) is 35.3 Å². The standard InChI is InChI=1S/C28H26Cl2N6O2/c1-18-15-21(33-27(37)23-6-2-3-7-25(23)30)9-10-22(18)28(38)35-13-4-5-19(12-14-36-32-17-31-34-36)24-16-20(29)8-11-26(24)35/h2-3,6-11,15-17,19H,4-5,12-14H2,1H3,(H,33,37). The second-order valence-corrected chi connectivity index (χ2v) is 10.1. The van der Waals surface area contributed by atoms with Crippen LogP contribution in [0.2, 0.25) is 10.0 Å². The molecule has 1 aliphatic heterocycles. The lowest BCUT2D eigenvalue weighted by Gasteiger charge is -2.25. The molecule has 194 valence electrons. The summed E-state index contributed by atoms with van der Waals surface area (Å²) in [4.78, 5) is 29.9. The number of carbonyl (C=O) groups excluding carboxylic acids is 2. The van der Waals surface area contributed by atoms with Crippen LogP contribution in [0.5, 0.6) is 0 Å². The number of nitrogens with one attached hydrogen (secondary N) is 1. The minimum atomic E-state index is -0.306. The number of hydrogen-bond acceptors (Lipinski definition) is 5. The van der Waals surface area contributed by atoms with Crippen molar-refractivity contribution in [2.45, 2.75) is 38.6 Å². The first kappa shape index (κ1) is 25.9. The predicted molar refractivity (Wildman–Crippen MR) is 148 cm³/mol. The zero-order chi connectivity index (χ0) is 26.6. The fourth-order valence-electron chi connectivity index (χ4n) is 4.91. The molecule has 2 heterocycles. The summed E-state index contributed by atoms with van der Waals surface area (Å²) in [6.45, 7) is 3.09. The fraction of sp³-hybridized carbons (Fsp3) is 0.250. The van der Waals surface area contributed by atoms with Gasteiger partial charge in [-0.05, 0) is 97.0 Å². The van der Waals surface area contributed by atoms with Gasteiger partial charge in [-0.3, -0.25) is 9.59 Å². The van der Waals surface area contributed by atoms with Crippen molar-refractivity contribution in [1.29, 1.82) is 0 Å². The Morgan fingerprint density at radius 1 is 1.05 bits per heavy atom. The number of nitrogens with zero attached hydrogens (tertiary/aromatic N) is 5. The van der Waals surface area contributed by atoms with E-state index in [1.54, 1.807) is 47.3 Å². The van der Waals surface area contributed by atoms with Gasteiger partial charge in [-0.2, -0.15) is 4.80 Å². The van der Waals surface area contributed by atoms with Crippen LogP contribution in [0.1, 0.15) is 57.0 Å². The molecule has 0 saturated heterocycles. The van der Waals surface area contributed by atoms with Crippen molar-refractivity contribution in [3.05, 3.63) is 99.3 Å². The van der Waals surface area contributed by atoms with Crippen molar-refractivity contribution < 1.29 is 9.59 Å². The van der Waals surface area contributed by atoms with E-state index in [2.05, 4.69) is 20.7 Å². The maximum absolute atomic E-state index is 13.8. The number of carbonyl (C=O) groups is 2. The molecule has 3 aromatic carbocycles.